The maximum Gasteiger partial charge on any atom is 0.395 e. The maximum atomic E-state index is 13.9. The van der Waals surface area contributed by atoms with Crippen molar-refractivity contribution in [2.75, 3.05) is 0 Å². The summed E-state index contributed by atoms with van der Waals surface area (Å²) in [6.07, 6.45) is -1.38. The van der Waals surface area contributed by atoms with Crippen LogP contribution >= 0.6 is 0 Å². The number of carbonyl (C=O) groups excluding carboxylic acids is 1. The maximum absolute atomic E-state index is 13.9. The molecule has 0 aromatic heterocycles. The smallest absolute Gasteiger partial charge is 0.395 e. The lowest BCUT2D eigenvalue weighted by molar-refractivity contribution is -0.160. The van der Waals surface area contributed by atoms with Gasteiger partial charge in [-0.15, -0.1) is 0 Å². The number of nitrogens with zero attached hydrogens (tertiary/aromatic N) is 1. The summed E-state index contributed by atoms with van der Waals surface area (Å²) in [5.41, 5.74) is 2.42. The molecular formula is C20H17F3N2O2. The van der Waals surface area contributed by atoms with Gasteiger partial charge in [0.05, 0.1) is 11.6 Å². The van der Waals surface area contributed by atoms with Crippen LogP contribution < -0.4 is 10.1 Å². The molecule has 0 spiro atoms. The third-order valence-electron chi connectivity index (χ3n) is 4.21. The quantitative estimate of drug-likeness (QED) is 0.810. The van der Waals surface area contributed by atoms with E-state index in [4.69, 9.17) is 5.26 Å². The number of nitriles is 1. The van der Waals surface area contributed by atoms with Gasteiger partial charge in [0.2, 0.25) is 0 Å². The average molecular weight is 374 g/mol. The van der Waals surface area contributed by atoms with Crippen molar-refractivity contribution in [1.29, 1.82) is 5.26 Å². The van der Waals surface area contributed by atoms with Gasteiger partial charge in [0.1, 0.15) is 0 Å². The highest BCUT2D eigenvalue weighted by Crippen LogP contribution is 2.41. The monoisotopic (exact) mass is 374 g/mol. The van der Waals surface area contributed by atoms with Crippen molar-refractivity contribution >= 4 is 5.91 Å². The number of ether oxygens (including phenoxy) is 1. The van der Waals surface area contributed by atoms with Gasteiger partial charge < -0.3 is 10.1 Å². The molecule has 7 heteroatoms. The Hall–Kier alpha value is -3.01. The number of alkyl halides is 2. The predicted molar refractivity (Wildman–Crippen MR) is 92.0 cm³/mol. The van der Waals surface area contributed by atoms with Gasteiger partial charge >= 0.3 is 6.11 Å². The molecule has 1 amide bonds. The van der Waals surface area contributed by atoms with E-state index in [9.17, 15) is 18.0 Å². The summed E-state index contributed by atoms with van der Waals surface area (Å²) in [7, 11) is 0. The van der Waals surface area contributed by atoms with E-state index in [2.05, 4.69) is 16.1 Å². The first-order valence-electron chi connectivity index (χ1n) is 8.44. The van der Waals surface area contributed by atoms with E-state index in [0.717, 1.165) is 36.1 Å². The number of carbonyl (C=O) groups is 1. The van der Waals surface area contributed by atoms with Crippen molar-refractivity contribution < 1.29 is 22.7 Å². The highest BCUT2D eigenvalue weighted by Gasteiger charge is 2.27. The van der Waals surface area contributed by atoms with Crippen LogP contribution in [0.25, 0.3) is 0 Å². The molecule has 0 unspecified atom stereocenters. The van der Waals surface area contributed by atoms with Crippen LogP contribution in [0.3, 0.4) is 0 Å². The Kier molecular flexibility index (Phi) is 5.08. The van der Waals surface area contributed by atoms with Gasteiger partial charge in [-0.2, -0.15) is 14.0 Å². The van der Waals surface area contributed by atoms with Crippen LogP contribution in [0.1, 0.15) is 52.7 Å². The molecule has 1 saturated carbocycles. The van der Waals surface area contributed by atoms with Gasteiger partial charge in [-0.25, -0.2) is 4.39 Å². The number of rotatable bonds is 6. The topological polar surface area (TPSA) is 62.1 Å². The highest BCUT2D eigenvalue weighted by atomic mass is 19.3. The van der Waals surface area contributed by atoms with Crippen LogP contribution in [0.2, 0.25) is 0 Å². The van der Waals surface area contributed by atoms with E-state index >= 15 is 0 Å². The van der Waals surface area contributed by atoms with E-state index < -0.39 is 23.6 Å². The minimum atomic E-state index is -3.52. The first kappa shape index (κ1) is 18.8. The van der Waals surface area contributed by atoms with Crippen molar-refractivity contribution in [2.24, 2.45) is 0 Å². The van der Waals surface area contributed by atoms with Crippen LogP contribution in [0.5, 0.6) is 5.75 Å². The van der Waals surface area contributed by atoms with Crippen molar-refractivity contribution in [2.45, 2.75) is 38.3 Å². The first-order valence-corrected chi connectivity index (χ1v) is 8.44. The minimum Gasteiger partial charge on any atom is -0.430 e. The summed E-state index contributed by atoms with van der Waals surface area (Å²) in [4.78, 5) is 12.3. The Bertz CT molecular complexity index is 912. The molecule has 0 saturated heterocycles. The molecule has 0 aliphatic heterocycles. The van der Waals surface area contributed by atoms with E-state index in [0.29, 0.717) is 18.4 Å². The number of hydrogen-bond acceptors (Lipinski definition) is 3. The van der Waals surface area contributed by atoms with Gasteiger partial charge in [0.25, 0.3) is 5.91 Å². The third kappa shape index (κ3) is 4.79. The van der Waals surface area contributed by atoms with Gasteiger partial charge in [0.15, 0.2) is 11.6 Å². The lowest BCUT2D eigenvalue weighted by Gasteiger charge is -2.14. The highest BCUT2D eigenvalue weighted by molar-refractivity contribution is 5.94. The molecule has 1 aliphatic carbocycles. The van der Waals surface area contributed by atoms with Crippen molar-refractivity contribution in [3.63, 3.8) is 0 Å². The zero-order valence-corrected chi connectivity index (χ0v) is 14.6. The van der Waals surface area contributed by atoms with Crippen LogP contribution in [0.15, 0.2) is 36.4 Å². The summed E-state index contributed by atoms with van der Waals surface area (Å²) in [6, 6.07) is 10.5. The largest absolute Gasteiger partial charge is 0.430 e. The summed E-state index contributed by atoms with van der Waals surface area (Å²) >= 11 is 0. The molecule has 1 N–H and O–H groups in total. The number of amides is 1. The number of nitrogens with one attached hydrogen (secondary N) is 1. The Labute approximate surface area is 154 Å². The van der Waals surface area contributed by atoms with Crippen LogP contribution in [0, 0.1) is 17.1 Å². The van der Waals surface area contributed by atoms with Gasteiger partial charge in [0, 0.05) is 19.0 Å². The minimum absolute atomic E-state index is 0.0105. The number of benzene rings is 2. The average Bonchev–Trinajstić information content (AvgIpc) is 3.45. The van der Waals surface area contributed by atoms with Gasteiger partial charge in [-0.05, 0) is 60.2 Å². The SMILES string of the molecule is CC(F)(F)Oc1ccc(C(=O)NCc2cc(C#N)ccc2C2CC2)cc1F. The second kappa shape index (κ2) is 7.31. The molecule has 0 bridgehead atoms. The second-order valence-electron chi connectivity index (χ2n) is 6.54. The molecule has 4 nitrogen and oxygen atoms in total. The normalized spacial score (nSPS) is 13.7. The molecule has 0 radical (unpaired) electrons. The molecule has 27 heavy (non-hydrogen) atoms. The summed E-state index contributed by atoms with van der Waals surface area (Å²) in [5, 5.41) is 11.7. The summed E-state index contributed by atoms with van der Waals surface area (Å²) in [6.45, 7) is 0.687. The van der Waals surface area contributed by atoms with E-state index in [1.54, 1.807) is 12.1 Å². The molecule has 0 heterocycles. The summed E-state index contributed by atoms with van der Waals surface area (Å²) in [5.74, 6) is -1.78. The van der Waals surface area contributed by atoms with Crippen LogP contribution in [-0.4, -0.2) is 12.0 Å². The summed E-state index contributed by atoms with van der Waals surface area (Å²) < 4.78 is 43.8. The fourth-order valence-electron chi connectivity index (χ4n) is 2.82. The Morgan fingerprint density at radius 3 is 2.63 bits per heavy atom. The zero-order chi connectivity index (χ0) is 19.6. The zero-order valence-electron chi connectivity index (χ0n) is 14.6. The van der Waals surface area contributed by atoms with Crippen molar-refractivity contribution in [3.05, 3.63) is 64.5 Å². The van der Waals surface area contributed by atoms with E-state index in [-0.39, 0.29) is 12.1 Å². The van der Waals surface area contributed by atoms with Crippen LogP contribution in [0.4, 0.5) is 13.2 Å². The van der Waals surface area contributed by atoms with Crippen LogP contribution in [-0.2, 0) is 6.54 Å². The lowest BCUT2D eigenvalue weighted by Crippen LogP contribution is -2.24. The molecule has 1 fully saturated rings. The van der Waals surface area contributed by atoms with E-state index in [1.807, 2.05) is 6.07 Å². The molecule has 140 valence electrons. The molecule has 0 atom stereocenters. The number of hydrogen-bond donors (Lipinski definition) is 1. The van der Waals surface area contributed by atoms with Crippen molar-refractivity contribution in [1.82, 2.24) is 5.32 Å². The third-order valence-corrected chi connectivity index (χ3v) is 4.21. The number of halogens is 3. The predicted octanol–water partition coefficient (Wildman–Crippen LogP) is 4.50. The molecule has 3 rings (SSSR count). The second-order valence-corrected chi connectivity index (χ2v) is 6.54. The van der Waals surface area contributed by atoms with Gasteiger partial charge in [-0.3, -0.25) is 4.79 Å². The standard InChI is InChI=1S/C20H17F3N2O2/c1-20(22,23)27-18-7-5-14(9-17(18)21)19(26)25-11-15-8-12(10-24)2-6-16(15)13-3-4-13/h2,5-9,13H,3-4,11H2,1H3,(H,25,26). The van der Waals surface area contributed by atoms with Crippen molar-refractivity contribution in [3.8, 4) is 11.8 Å². The Morgan fingerprint density at radius 2 is 2.04 bits per heavy atom. The Morgan fingerprint density at radius 1 is 1.30 bits per heavy atom. The molecule has 2 aromatic carbocycles. The first-order chi connectivity index (χ1) is 12.8. The fourth-order valence-corrected chi connectivity index (χ4v) is 2.82. The lowest BCUT2D eigenvalue weighted by atomic mass is 10.0. The van der Waals surface area contributed by atoms with Gasteiger partial charge in [-0.1, -0.05) is 6.07 Å². The Balaban J connectivity index is 1.71. The molecular weight excluding hydrogens is 357 g/mol. The van der Waals surface area contributed by atoms with E-state index in [1.165, 1.54) is 6.07 Å². The fraction of sp³-hybridized carbons (Fsp3) is 0.300. The molecule has 1 aliphatic rings. The molecule has 2 aromatic rings.